The molecule has 1 fully saturated rings. The Kier molecular flexibility index (Phi) is 5.20. The molecule has 1 N–H and O–H groups in total. The summed E-state index contributed by atoms with van der Waals surface area (Å²) < 4.78 is 5.36. The molecule has 1 aliphatic rings. The number of hydrogen-bond donors (Lipinski definition) is 1. The van der Waals surface area contributed by atoms with Crippen molar-refractivity contribution >= 4 is 0 Å². The summed E-state index contributed by atoms with van der Waals surface area (Å²) in [5.41, 5.74) is 0.771. The molecule has 1 aromatic carbocycles. The third-order valence-electron chi connectivity index (χ3n) is 5.28. The Bertz CT molecular complexity index is 933. The summed E-state index contributed by atoms with van der Waals surface area (Å²) in [5, 5.41) is 8.12. The smallest absolute Gasteiger partial charge is 0.334 e. The highest BCUT2D eigenvalue weighted by molar-refractivity contribution is 5.32. The molecule has 7 heteroatoms. The van der Waals surface area contributed by atoms with Gasteiger partial charge in [-0.2, -0.15) is 5.10 Å². The molecule has 3 heterocycles. The van der Waals surface area contributed by atoms with Crippen molar-refractivity contribution in [2.24, 2.45) is 5.92 Å². The van der Waals surface area contributed by atoms with Gasteiger partial charge in [0.05, 0.1) is 5.69 Å². The average Bonchev–Trinajstić information content (AvgIpc) is 3.28. The molecular formula is C20H26N6O. The van der Waals surface area contributed by atoms with Crippen LogP contribution in [-0.2, 0) is 19.5 Å². The summed E-state index contributed by atoms with van der Waals surface area (Å²) in [4.78, 5) is 17.6. The lowest BCUT2D eigenvalue weighted by atomic mass is 9.94. The van der Waals surface area contributed by atoms with E-state index < -0.39 is 0 Å². The van der Waals surface area contributed by atoms with Gasteiger partial charge >= 0.3 is 5.69 Å². The van der Waals surface area contributed by atoms with Crippen molar-refractivity contribution < 1.29 is 0 Å². The molecule has 2 aromatic heterocycles. The number of nitrogens with zero attached hydrogens (tertiary/aromatic N) is 5. The van der Waals surface area contributed by atoms with Crippen LogP contribution < -0.4 is 11.0 Å². The average molecular weight is 366 g/mol. The number of nitrogens with one attached hydrogen (secondary N) is 1. The highest BCUT2D eigenvalue weighted by Gasteiger charge is 2.21. The summed E-state index contributed by atoms with van der Waals surface area (Å²) in [6.45, 7) is 5.35. The fraction of sp³-hybridized carbons (Fsp3) is 0.450. The summed E-state index contributed by atoms with van der Waals surface area (Å²) in [5.74, 6) is 2.25. The third kappa shape index (κ3) is 3.73. The first-order chi connectivity index (χ1) is 13.3. The van der Waals surface area contributed by atoms with Crippen LogP contribution >= 0.6 is 0 Å². The van der Waals surface area contributed by atoms with Crippen LogP contribution in [0, 0.1) is 5.92 Å². The first kappa shape index (κ1) is 17.7. The fourth-order valence-electron chi connectivity index (χ4n) is 3.78. The van der Waals surface area contributed by atoms with Crippen LogP contribution in [0.5, 0.6) is 0 Å². The zero-order valence-electron chi connectivity index (χ0n) is 15.7. The van der Waals surface area contributed by atoms with Gasteiger partial charge < -0.3 is 9.88 Å². The topological polar surface area (TPSA) is 69.7 Å². The first-order valence-electron chi connectivity index (χ1n) is 9.71. The van der Waals surface area contributed by atoms with Crippen molar-refractivity contribution in [1.29, 1.82) is 0 Å². The highest BCUT2D eigenvalue weighted by Crippen LogP contribution is 2.18. The van der Waals surface area contributed by atoms with Gasteiger partial charge in [-0.1, -0.05) is 18.2 Å². The van der Waals surface area contributed by atoms with Crippen molar-refractivity contribution in [3.8, 4) is 5.69 Å². The molecule has 0 radical (unpaired) electrons. The predicted molar refractivity (Wildman–Crippen MR) is 104 cm³/mol. The Morgan fingerprint density at radius 3 is 2.67 bits per heavy atom. The lowest BCUT2D eigenvalue weighted by molar-refractivity contribution is 0.365. The van der Waals surface area contributed by atoms with Gasteiger partial charge in [-0.25, -0.2) is 19.0 Å². The van der Waals surface area contributed by atoms with E-state index in [0.717, 1.165) is 56.2 Å². The maximum absolute atomic E-state index is 13.2. The van der Waals surface area contributed by atoms with Gasteiger partial charge in [-0.15, -0.1) is 0 Å². The minimum absolute atomic E-state index is 0.101. The Labute approximate surface area is 158 Å². The number of aryl methyl sites for hydroxylation is 1. The van der Waals surface area contributed by atoms with E-state index in [9.17, 15) is 4.79 Å². The number of aromatic nitrogens is 5. The number of imidazole rings is 1. The predicted octanol–water partition coefficient (Wildman–Crippen LogP) is 1.84. The third-order valence-corrected chi connectivity index (χ3v) is 5.28. The van der Waals surface area contributed by atoms with Crippen molar-refractivity contribution in [3.63, 3.8) is 0 Å². The zero-order chi connectivity index (χ0) is 18.6. The quantitative estimate of drug-likeness (QED) is 0.723. The van der Waals surface area contributed by atoms with E-state index >= 15 is 0 Å². The van der Waals surface area contributed by atoms with Crippen molar-refractivity contribution in [2.45, 2.75) is 39.3 Å². The Morgan fingerprint density at radius 2 is 1.93 bits per heavy atom. The molecule has 0 amide bonds. The molecule has 3 aromatic rings. The summed E-state index contributed by atoms with van der Waals surface area (Å²) in [7, 11) is 0. The van der Waals surface area contributed by atoms with Crippen LogP contribution in [0.2, 0.25) is 0 Å². The molecule has 1 aliphatic heterocycles. The van der Waals surface area contributed by atoms with Crippen LogP contribution in [0.25, 0.3) is 5.69 Å². The van der Waals surface area contributed by atoms with E-state index in [4.69, 9.17) is 5.10 Å². The van der Waals surface area contributed by atoms with Gasteiger partial charge in [-0.3, -0.25) is 0 Å². The highest BCUT2D eigenvalue weighted by atomic mass is 16.2. The monoisotopic (exact) mass is 366 g/mol. The van der Waals surface area contributed by atoms with E-state index in [2.05, 4.69) is 17.2 Å². The number of para-hydroxylation sites is 1. The molecule has 4 rings (SSSR count). The summed E-state index contributed by atoms with van der Waals surface area (Å²) in [6, 6.07) is 9.80. The second-order valence-corrected chi connectivity index (χ2v) is 7.05. The minimum Gasteiger partial charge on any atom is -0.334 e. The summed E-state index contributed by atoms with van der Waals surface area (Å²) >= 11 is 0. The van der Waals surface area contributed by atoms with Gasteiger partial charge in [0, 0.05) is 25.4 Å². The molecule has 0 spiro atoms. The van der Waals surface area contributed by atoms with Gasteiger partial charge in [0.15, 0.2) is 0 Å². The van der Waals surface area contributed by atoms with Crippen LogP contribution in [0.1, 0.15) is 31.4 Å². The Morgan fingerprint density at radius 1 is 1.15 bits per heavy atom. The van der Waals surface area contributed by atoms with Crippen LogP contribution in [0.15, 0.2) is 47.5 Å². The Hall–Kier alpha value is -2.67. The second kappa shape index (κ2) is 7.92. The van der Waals surface area contributed by atoms with Crippen molar-refractivity contribution in [1.82, 2.24) is 29.2 Å². The number of hydrogen-bond acceptors (Lipinski definition) is 4. The van der Waals surface area contributed by atoms with Crippen molar-refractivity contribution in [3.05, 3.63) is 64.9 Å². The molecular weight excluding hydrogens is 340 g/mol. The van der Waals surface area contributed by atoms with Crippen LogP contribution in [0.4, 0.5) is 0 Å². The molecule has 0 bridgehead atoms. The van der Waals surface area contributed by atoms with Gasteiger partial charge in [0.25, 0.3) is 0 Å². The molecule has 142 valence electrons. The largest absolute Gasteiger partial charge is 0.350 e. The molecule has 27 heavy (non-hydrogen) atoms. The molecule has 0 aliphatic carbocycles. The molecule has 0 saturated carbocycles. The molecule has 7 nitrogen and oxygen atoms in total. The second-order valence-electron chi connectivity index (χ2n) is 7.05. The zero-order valence-corrected chi connectivity index (χ0v) is 15.7. The number of benzene rings is 1. The van der Waals surface area contributed by atoms with Crippen LogP contribution in [-0.4, -0.2) is 37.0 Å². The molecule has 1 saturated heterocycles. The van der Waals surface area contributed by atoms with E-state index in [-0.39, 0.29) is 5.69 Å². The SMILES string of the molecule is CCn1ccnc1Cn1nc(CC2CCNCC2)n(-c2ccccc2)c1=O. The van der Waals surface area contributed by atoms with Gasteiger partial charge in [0.1, 0.15) is 18.2 Å². The van der Waals surface area contributed by atoms with Gasteiger partial charge in [-0.05, 0) is 50.9 Å². The fourth-order valence-corrected chi connectivity index (χ4v) is 3.78. The minimum atomic E-state index is -0.101. The Balaban J connectivity index is 1.71. The lowest BCUT2D eigenvalue weighted by Gasteiger charge is -2.22. The summed E-state index contributed by atoms with van der Waals surface area (Å²) in [6.07, 6.45) is 6.77. The van der Waals surface area contributed by atoms with E-state index in [1.807, 2.05) is 41.1 Å². The van der Waals surface area contributed by atoms with Crippen LogP contribution in [0.3, 0.4) is 0 Å². The van der Waals surface area contributed by atoms with E-state index in [1.165, 1.54) is 0 Å². The first-order valence-corrected chi connectivity index (χ1v) is 9.71. The van der Waals surface area contributed by atoms with E-state index in [1.54, 1.807) is 15.4 Å². The maximum Gasteiger partial charge on any atom is 0.350 e. The standard InChI is InChI=1S/C20H26N6O/c1-2-24-13-12-22-19(24)15-25-20(27)26(17-6-4-3-5-7-17)18(23-25)14-16-8-10-21-11-9-16/h3-7,12-13,16,21H,2,8-11,14-15H2,1H3. The molecule has 0 unspecified atom stereocenters. The maximum atomic E-state index is 13.2. The van der Waals surface area contributed by atoms with Crippen molar-refractivity contribution in [2.75, 3.05) is 13.1 Å². The number of piperidine rings is 1. The lowest BCUT2D eigenvalue weighted by Crippen LogP contribution is -2.29. The normalized spacial score (nSPS) is 15.3. The van der Waals surface area contributed by atoms with Gasteiger partial charge in [0.2, 0.25) is 0 Å². The van der Waals surface area contributed by atoms with E-state index in [0.29, 0.717) is 12.5 Å². The molecule has 0 atom stereocenters. The number of rotatable bonds is 6.